The molecule has 2 aromatic rings. The van der Waals surface area contributed by atoms with E-state index in [1.807, 2.05) is 36.4 Å². The lowest BCUT2D eigenvalue weighted by Crippen LogP contribution is -2.15. The molecule has 4 nitrogen and oxygen atoms in total. The fourth-order valence-electron chi connectivity index (χ4n) is 1.88. The summed E-state index contributed by atoms with van der Waals surface area (Å²) in [5.41, 5.74) is 4.71. The molecule has 3 N–H and O–H groups in total. The van der Waals surface area contributed by atoms with Gasteiger partial charge in [-0.25, -0.2) is 15.8 Å². The number of aromatic nitrogens is 2. The highest BCUT2D eigenvalue weighted by atomic mass is 15.3. The van der Waals surface area contributed by atoms with E-state index in [2.05, 4.69) is 36.2 Å². The monoisotopic (exact) mass is 256 g/mol. The maximum atomic E-state index is 5.49. The SMILES string of the molecule is CC(C)(C)Cc1nc(NN)cc(-c2ccccc2)n1. The summed E-state index contributed by atoms with van der Waals surface area (Å²) in [7, 11) is 0. The lowest BCUT2D eigenvalue weighted by molar-refractivity contribution is 0.401. The van der Waals surface area contributed by atoms with Gasteiger partial charge in [-0.05, 0) is 5.41 Å². The standard InChI is InChI=1S/C15H20N4/c1-15(2,3)10-14-17-12(9-13(18-14)19-16)11-7-5-4-6-8-11/h4-9H,10,16H2,1-3H3,(H,17,18,19). The van der Waals surface area contributed by atoms with Crippen LogP contribution in [-0.4, -0.2) is 9.97 Å². The van der Waals surface area contributed by atoms with E-state index in [0.29, 0.717) is 5.82 Å². The van der Waals surface area contributed by atoms with Crippen molar-refractivity contribution in [2.24, 2.45) is 11.3 Å². The van der Waals surface area contributed by atoms with Crippen molar-refractivity contribution in [2.45, 2.75) is 27.2 Å². The van der Waals surface area contributed by atoms with Gasteiger partial charge in [-0.3, -0.25) is 0 Å². The van der Waals surface area contributed by atoms with Crippen molar-refractivity contribution in [1.29, 1.82) is 0 Å². The summed E-state index contributed by atoms with van der Waals surface area (Å²) in [5, 5.41) is 0. The number of anilines is 1. The van der Waals surface area contributed by atoms with Gasteiger partial charge >= 0.3 is 0 Å². The second-order valence-corrected chi connectivity index (χ2v) is 5.80. The molecule has 1 heterocycles. The minimum Gasteiger partial charge on any atom is -0.308 e. The van der Waals surface area contributed by atoms with Crippen molar-refractivity contribution in [3.63, 3.8) is 0 Å². The number of nitrogens with two attached hydrogens (primary N) is 1. The van der Waals surface area contributed by atoms with Crippen LogP contribution in [0.3, 0.4) is 0 Å². The van der Waals surface area contributed by atoms with E-state index in [0.717, 1.165) is 23.5 Å². The first-order valence-electron chi connectivity index (χ1n) is 6.38. The first-order chi connectivity index (χ1) is 8.98. The molecule has 2 rings (SSSR count). The summed E-state index contributed by atoms with van der Waals surface area (Å²) in [5.74, 6) is 6.94. The van der Waals surface area contributed by atoms with Crippen LogP contribution in [0.1, 0.15) is 26.6 Å². The lowest BCUT2D eigenvalue weighted by atomic mass is 9.92. The van der Waals surface area contributed by atoms with Crippen molar-refractivity contribution in [3.8, 4) is 11.3 Å². The van der Waals surface area contributed by atoms with Crippen LogP contribution >= 0.6 is 0 Å². The minimum absolute atomic E-state index is 0.140. The molecule has 0 amide bonds. The molecule has 1 aromatic heterocycles. The van der Waals surface area contributed by atoms with Gasteiger partial charge in [0.2, 0.25) is 0 Å². The zero-order chi connectivity index (χ0) is 13.9. The first-order valence-corrected chi connectivity index (χ1v) is 6.38. The Balaban J connectivity index is 2.42. The van der Waals surface area contributed by atoms with Crippen LogP contribution in [0.4, 0.5) is 5.82 Å². The van der Waals surface area contributed by atoms with E-state index < -0.39 is 0 Å². The largest absolute Gasteiger partial charge is 0.308 e. The number of hydrazine groups is 1. The molecule has 0 atom stereocenters. The highest BCUT2D eigenvalue weighted by Gasteiger charge is 2.15. The van der Waals surface area contributed by atoms with Crippen LogP contribution in [0, 0.1) is 5.41 Å². The van der Waals surface area contributed by atoms with Crippen LogP contribution in [0.25, 0.3) is 11.3 Å². The van der Waals surface area contributed by atoms with E-state index in [-0.39, 0.29) is 5.41 Å². The van der Waals surface area contributed by atoms with Crippen LogP contribution < -0.4 is 11.3 Å². The van der Waals surface area contributed by atoms with Crippen LogP contribution in [0.5, 0.6) is 0 Å². The first kappa shape index (κ1) is 13.5. The Bertz CT molecular complexity index is 544. The molecule has 0 aliphatic rings. The fraction of sp³-hybridized carbons (Fsp3) is 0.333. The van der Waals surface area contributed by atoms with Crippen molar-refractivity contribution < 1.29 is 0 Å². The van der Waals surface area contributed by atoms with E-state index in [1.165, 1.54) is 0 Å². The van der Waals surface area contributed by atoms with Gasteiger partial charge < -0.3 is 5.43 Å². The highest BCUT2D eigenvalue weighted by Crippen LogP contribution is 2.23. The summed E-state index contributed by atoms with van der Waals surface area (Å²) < 4.78 is 0. The Morgan fingerprint density at radius 2 is 1.79 bits per heavy atom. The van der Waals surface area contributed by atoms with E-state index in [1.54, 1.807) is 0 Å². The minimum atomic E-state index is 0.140. The molecule has 0 saturated carbocycles. The van der Waals surface area contributed by atoms with Gasteiger partial charge in [0, 0.05) is 18.1 Å². The molecule has 4 heteroatoms. The van der Waals surface area contributed by atoms with Gasteiger partial charge in [0.05, 0.1) is 5.69 Å². The van der Waals surface area contributed by atoms with Gasteiger partial charge in [0.1, 0.15) is 11.6 Å². The third-order valence-corrected chi connectivity index (χ3v) is 2.68. The fourth-order valence-corrected chi connectivity index (χ4v) is 1.88. The molecule has 0 fully saturated rings. The maximum absolute atomic E-state index is 5.49. The predicted molar refractivity (Wildman–Crippen MR) is 78.4 cm³/mol. The molecule has 0 aliphatic heterocycles. The molecule has 0 radical (unpaired) electrons. The molecule has 19 heavy (non-hydrogen) atoms. The molecule has 0 unspecified atom stereocenters. The number of hydrogen-bond donors (Lipinski definition) is 2. The van der Waals surface area contributed by atoms with Gasteiger partial charge in [0.25, 0.3) is 0 Å². The Morgan fingerprint density at radius 3 is 2.37 bits per heavy atom. The average Bonchev–Trinajstić information content (AvgIpc) is 2.37. The molecule has 100 valence electrons. The number of hydrogen-bond acceptors (Lipinski definition) is 4. The molecule has 0 spiro atoms. The normalized spacial score (nSPS) is 11.4. The van der Waals surface area contributed by atoms with Crippen LogP contribution in [0.15, 0.2) is 36.4 Å². The maximum Gasteiger partial charge on any atom is 0.144 e. The van der Waals surface area contributed by atoms with Crippen LogP contribution in [0.2, 0.25) is 0 Å². The summed E-state index contributed by atoms with van der Waals surface area (Å²) in [4.78, 5) is 9.05. The topological polar surface area (TPSA) is 63.8 Å². The number of nitrogen functional groups attached to an aromatic ring is 1. The predicted octanol–water partition coefficient (Wildman–Crippen LogP) is 3.02. The van der Waals surface area contributed by atoms with E-state index in [4.69, 9.17) is 5.84 Å². The molecule has 0 bridgehead atoms. The van der Waals surface area contributed by atoms with E-state index >= 15 is 0 Å². The lowest BCUT2D eigenvalue weighted by Gasteiger charge is -2.17. The number of nitrogens with one attached hydrogen (secondary N) is 1. The van der Waals surface area contributed by atoms with Gasteiger partial charge in [0.15, 0.2) is 0 Å². The Morgan fingerprint density at radius 1 is 1.11 bits per heavy atom. The average molecular weight is 256 g/mol. The Labute approximate surface area is 114 Å². The quantitative estimate of drug-likeness (QED) is 0.654. The van der Waals surface area contributed by atoms with Crippen molar-refractivity contribution in [3.05, 3.63) is 42.2 Å². The summed E-state index contributed by atoms with van der Waals surface area (Å²) >= 11 is 0. The summed E-state index contributed by atoms with van der Waals surface area (Å²) in [6.07, 6.45) is 0.808. The number of benzene rings is 1. The van der Waals surface area contributed by atoms with Gasteiger partial charge in [-0.2, -0.15) is 0 Å². The zero-order valence-corrected chi connectivity index (χ0v) is 11.6. The highest BCUT2D eigenvalue weighted by molar-refractivity contribution is 5.62. The summed E-state index contributed by atoms with van der Waals surface area (Å²) in [6.45, 7) is 6.50. The second kappa shape index (κ2) is 5.36. The zero-order valence-electron chi connectivity index (χ0n) is 11.6. The van der Waals surface area contributed by atoms with E-state index in [9.17, 15) is 0 Å². The van der Waals surface area contributed by atoms with Crippen molar-refractivity contribution in [1.82, 2.24) is 9.97 Å². The van der Waals surface area contributed by atoms with Crippen LogP contribution in [-0.2, 0) is 6.42 Å². The Hall–Kier alpha value is -1.94. The summed E-state index contributed by atoms with van der Waals surface area (Å²) in [6, 6.07) is 11.9. The third kappa shape index (κ3) is 3.76. The third-order valence-electron chi connectivity index (χ3n) is 2.68. The Kier molecular flexibility index (Phi) is 3.81. The van der Waals surface area contributed by atoms with Crippen molar-refractivity contribution in [2.75, 3.05) is 5.43 Å². The molecular weight excluding hydrogens is 236 g/mol. The van der Waals surface area contributed by atoms with Gasteiger partial charge in [-0.15, -0.1) is 0 Å². The molecule has 1 aromatic carbocycles. The molecule has 0 saturated heterocycles. The smallest absolute Gasteiger partial charge is 0.144 e. The number of rotatable bonds is 3. The van der Waals surface area contributed by atoms with Crippen molar-refractivity contribution >= 4 is 5.82 Å². The van der Waals surface area contributed by atoms with Gasteiger partial charge in [-0.1, -0.05) is 51.1 Å². The number of nitrogens with zero attached hydrogens (tertiary/aromatic N) is 2. The second-order valence-electron chi connectivity index (χ2n) is 5.80. The molecular formula is C15H20N4. The molecule has 0 aliphatic carbocycles.